The molecule has 2 bridgehead atoms. The van der Waals surface area contributed by atoms with Crippen LogP contribution in [0.5, 0.6) is 5.88 Å². The van der Waals surface area contributed by atoms with Crippen LogP contribution in [0.2, 0.25) is 0 Å². The van der Waals surface area contributed by atoms with Gasteiger partial charge in [-0.15, -0.1) is 0 Å². The number of carboxylic acid groups (broad SMARTS) is 1. The number of pyridine rings is 1. The number of piperidine rings is 3. The van der Waals surface area contributed by atoms with Gasteiger partial charge in [0, 0.05) is 47.8 Å². The van der Waals surface area contributed by atoms with E-state index in [-0.39, 0.29) is 17.9 Å². The minimum atomic E-state index is -5.19. The largest absolute Gasteiger partial charge is 0.542 e. The third-order valence-electron chi connectivity index (χ3n) is 8.76. The van der Waals surface area contributed by atoms with Gasteiger partial charge in [-0.1, -0.05) is 78.9 Å². The van der Waals surface area contributed by atoms with Gasteiger partial charge in [0.15, 0.2) is 12.1 Å². The number of quaternary nitrogens is 1. The van der Waals surface area contributed by atoms with E-state index in [4.69, 9.17) is 19.4 Å². The standard InChI is InChI=1S/C35H36N3O4.C2HF3O2/c39-31(27-12-6-2-7-13-27)23-38-20-18-28(19-21-38)32(24-38)42-35(40)34(37-30-14-8-3-9-15-30)29-16-17-33(36-22-29)41-25-26-10-4-1-5-11-26;3-2(4,5)1(6)7/h1-17,22,28,32,34,37H,18-21,23-25H2;(H,6,7)/q+1;/p-1/t28?,32-,34?,38?;/m0./s1. The highest BCUT2D eigenvalue weighted by Gasteiger charge is 2.49. The van der Waals surface area contributed by atoms with Crippen molar-refractivity contribution in [2.24, 2.45) is 5.92 Å². The molecular formula is C37H36F3N3O6. The number of ether oxygens (including phenoxy) is 2. The molecule has 3 aromatic carbocycles. The molecule has 7 rings (SSSR count). The fourth-order valence-corrected chi connectivity index (χ4v) is 6.17. The molecule has 3 saturated heterocycles. The van der Waals surface area contributed by atoms with Gasteiger partial charge in [-0.3, -0.25) is 4.79 Å². The first kappa shape index (κ1) is 35.1. The highest BCUT2D eigenvalue weighted by atomic mass is 19.4. The molecule has 49 heavy (non-hydrogen) atoms. The van der Waals surface area contributed by atoms with E-state index in [1.165, 1.54) is 0 Å². The van der Waals surface area contributed by atoms with Gasteiger partial charge in [0.1, 0.15) is 25.7 Å². The molecule has 4 aromatic rings. The van der Waals surface area contributed by atoms with Crippen molar-refractivity contribution in [1.82, 2.24) is 4.98 Å². The third-order valence-corrected chi connectivity index (χ3v) is 8.76. The van der Waals surface area contributed by atoms with Crippen molar-refractivity contribution in [3.8, 4) is 5.88 Å². The number of carbonyl (C=O) groups excluding carboxylic acids is 3. The Kier molecular flexibility index (Phi) is 11.3. The van der Waals surface area contributed by atoms with Crippen LogP contribution in [0.15, 0.2) is 109 Å². The molecule has 0 saturated carbocycles. The van der Waals surface area contributed by atoms with Gasteiger partial charge in [0.05, 0.1) is 13.1 Å². The maximum absolute atomic E-state index is 13.8. The van der Waals surface area contributed by atoms with Crippen LogP contribution >= 0.6 is 0 Å². The first-order valence-electron chi connectivity index (χ1n) is 15.9. The van der Waals surface area contributed by atoms with Gasteiger partial charge in [-0.05, 0) is 23.8 Å². The highest BCUT2D eigenvalue weighted by molar-refractivity contribution is 5.97. The zero-order chi connectivity index (χ0) is 34.9. The molecule has 1 aromatic heterocycles. The lowest BCUT2D eigenvalue weighted by Crippen LogP contribution is -2.65. The Bertz CT molecular complexity index is 1680. The number of halogens is 3. The number of benzene rings is 3. The number of ketones is 1. The first-order valence-corrected chi connectivity index (χ1v) is 15.9. The summed E-state index contributed by atoms with van der Waals surface area (Å²) in [7, 11) is 0. The van der Waals surface area contributed by atoms with E-state index in [1.807, 2.05) is 97.1 Å². The van der Waals surface area contributed by atoms with Crippen molar-refractivity contribution in [3.05, 3.63) is 126 Å². The lowest BCUT2D eigenvalue weighted by molar-refractivity contribution is -0.938. The van der Waals surface area contributed by atoms with Crippen LogP contribution < -0.4 is 15.2 Å². The molecule has 0 radical (unpaired) electrons. The molecule has 256 valence electrons. The number of anilines is 1. The fourth-order valence-electron chi connectivity index (χ4n) is 6.17. The van der Waals surface area contributed by atoms with Gasteiger partial charge >= 0.3 is 12.1 Å². The minimum Gasteiger partial charge on any atom is -0.542 e. The number of aromatic nitrogens is 1. The van der Waals surface area contributed by atoms with E-state index in [1.54, 1.807) is 12.3 Å². The second-order valence-corrected chi connectivity index (χ2v) is 12.2. The maximum atomic E-state index is 13.8. The van der Waals surface area contributed by atoms with Gasteiger partial charge in [-0.25, -0.2) is 9.78 Å². The second-order valence-electron chi connectivity index (χ2n) is 12.2. The molecule has 3 fully saturated rings. The SMILES string of the molecule is O=C(C[N+]12CCC(CC1)[C@@H](OC(=O)C(Nc1ccccc1)c1ccc(OCc3ccccc3)nc1)C2)c1ccccc1.O=C([O-])C(F)(F)F. The number of nitrogens with one attached hydrogen (secondary N) is 1. The number of carboxylic acids is 1. The highest BCUT2D eigenvalue weighted by Crippen LogP contribution is 2.37. The fraction of sp³-hybridized carbons (Fsp3) is 0.297. The Morgan fingerprint density at radius 2 is 1.47 bits per heavy atom. The lowest BCUT2D eigenvalue weighted by Gasteiger charge is -2.51. The predicted octanol–water partition coefficient (Wildman–Crippen LogP) is 5.15. The molecule has 1 unspecified atom stereocenters. The van der Waals surface area contributed by atoms with Crippen molar-refractivity contribution in [2.45, 2.75) is 37.8 Å². The number of aliphatic carboxylic acids is 1. The lowest BCUT2D eigenvalue weighted by atomic mass is 9.82. The van der Waals surface area contributed by atoms with Gasteiger partial charge < -0.3 is 29.2 Å². The third kappa shape index (κ3) is 9.66. The number of hydrogen-bond donors (Lipinski definition) is 1. The van der Waals surface area contributed by atoms with E-state index in [0.717, 1.165) is 42.7 Å². The topological polar surface area (TPSA) is 118 Å². The molecule has 0 spiro atoms. The van der Waals surface area contributed by atoms with Crippen molar-refractivity contribution >= 4 is 23.4 Å². The van der Waals surface area contributed by atoms with Gasteiger partial charge in [0.25, 0.3) is 0 Å². The molecule has 3 aliphatic heterocycles. The molecule has 0 amide bonds. The average Bonchev–Trinajstić information content (AvgIpc) is 3.11. The predicted molar refractivity (Wildman–Crippen MR) is 172 cm³/mol. The van der Waals surface area contributed by atoms with Gasteiger partial charge in [-0.2, -0.15) is 13.2 Å². The van der Waals surface area contributed by atoms with Crippen molar-refractivity contribution < 1.29 is 46.6 Å². The van der Waals surface area contributed by atoms with E-state index in [0.29, 0.717) is 41.5 Å². The summed E-state index contributed by atoms with van der Waals surface area (Å²) in [4.78, 5) is 40.2. The normalized spacial score (nSPS) is 20.2. The van der Waals surface area contributed by atoms with Crippen LogP contribution in [0.1, 0.15) is 40.4 Å². The number of fused-ring (bicyclic) bond motifs is 3. The van der Waals surface area contributed by atoms with Gasteiger partial charge in [0.2, 0.25) is 11.7 Å². The number of rotatable bonds is 11. The smallest absolute Gasteiger partial charge is 0.430 e. The summed E-state index contributed by atoms with van der Waals surface area (Å²) in [6.45, 7) is 3.40. The molecule has 3 aliphatic rings. The number of hydrogen-bond acceptors (Lipinski definition) is 8. The Morgan fingerprint density at radius 3 is 2.04 bits per heavy atom. The summed E-state index contributed by atoms with van der Waals surface area (Å²) in [5, 5.41) is 12.1. The van der Waals surface area contributed by atoms with E-state index in [9.17, 15) is 22.8 Å². The van der Waals surface area contributed by atoms with Crippen LogP contribution in [0.3, 0.4) is 0 Å². The summed E-state index contributed by atoms with van der Waals surface area (Å²) < 4.78 is 44.4. The number of alkyl halides is 3. The summed E-state index contributed by atoms with van der Waals surface area (Å²) in [6.07, 6.45) is -1.85. The summed E-state index contributed by atoms with van der Waals surface area (Å²) >= 11 is 0. The number of nitrogens with zero attached hydrogens (tertiary/aromatic N) is 2. The van der Waals surface area contributed by atoms with Crippen molar-refractivity contribution in [3.63, 3.8) is 0 Å². The molecule has 2 atom stereocenters. The van der Waals surface area contributed by atoms with Crippen LogP contribution in [-0.2, 0) is 20.9 Å². The Morgan fingerprint density at radius 1 is 0.878 bits per heavy atom. The van der Waals surface area contributed by atoms with Crippen LogP contribution in [0.4, 0.5) is 18.9 Å². The Balaban J connectivity index is 0.000000606. The average molecular weight is 676 g/mol. The second kappa shape index (κ2) is 15.8. The molecule has 12 heteroatoms. The number of esters is 1. The van der Waals surface area contributed by atoms with Crippen LogP contribution in [0, 0.1) is 5.92 Å². The zero-order valence-electron chi connectivity index (χ0n) is 26.6. The monoisotopic (exact) mass is 675 g/mol. The quantitative estimate of drug-likeness (QED) is 0.132. The van der Waals surface area contributed by atoms with Crippen LogP contribution in [-0.4, -0.2) is 65.6 Å². The zero-order valence-corrected chi connectivity index (χ0v) is 26.6. The van der Waals surface area contributed by atoms with E-state index >= 15 is 0 Å². The number of Topliss-reactive ketones (excluding diaryl/α,β-unsaturated/α-hetero) is 1. The molecule has 0 aliphatic carbocycles. The Hall–Kier alpha value is -5.23. The molecule has 4 heterocycles. The van der Waals surface area contributed by atoms with Crippen molar-refractivity contribution in [1.29, 1.82) is 0 Å². The Labute approximate surface area is 281 Å². The first-order chi connectivity index (χ1) is 23.5. The summed E-state index contributed by atoms with van der Waals surface area (Å²) in [6, 6.07) is 31.9. The van der Waals surface area contributed by atoms with Crippen LogP contribution in [0.25, 0.3) is 0 Å². The maximum Gasteiger partial charge on any atom is 0.430 e. The summed E-state index contributed by atoms with van der Waals surface area (Å²) in [5.74, 6) is -2.41. The van der Waals surface area contributed by atoms with Crippen molar-refractivity contribution in [2.75, 3.05) is 31.5 Å². The molecule has 1 N–H and O–H groups in total. The summed E-state index contributed by atoms with van der Waals surface area (Å²) in [5.41, 5.74) is 3.30. The molecule has 9 nitrogen and oxygen atoms in total. The minimum absolute atomic E-state index is 0.144. The number of carbonyl (C=O) groups is 3. The van der Waals surface area contributed by atoms with E-state index in [2.05, 4.69) is 10.3 Å². The number of para-hydroxylation sites is 1. The van der Waals surface area contributed by atoms with E-state index < -0.39 is 18.2 Å². The molecular weight excluding hydrogens is 639 g/mol.